The Bertz CT molecular complexity index is 677. The van der Waals surface area contributed by atoms with E-state index in [0.29, 0.717) is 11.3 Å². The van der Waals surface area contributed by atoms with Crippen molar-refractivity contribution in [2.24, 2.45) is 0 Å². The van der Waals surface area contributed by atoms with E-state index in [9.17, 15) is 9.90 Å². The molecule has 1 aromatic carbocycles. The van der Waals surface area contributed by atoms with Crippen LogP contribution in [-0.2, 0) is 4.79 Å². The van der Waals surface area contributed by atoms with E-state index in [-0.39, 0.29) is 11.7 Å². The molecule has 0 bridgehead atoms. The molecule has 1 aromatic heterocycles. The number of aromatic hydroxyl groups is 1. The van der Waals surface area contributed by atoms with E-state index in [4.69, 9.17) is 5.26 Å². The van der Waals surface area contributed by atoms with Crippen molar-refractivity contribution in [2.75, 3.05) is 5.32 Å². The zero-order valence-corrected chi connectivity index (χ0v) is 10.9. The minimum atomic E-state index is -0.479. The van der Waals surface area contributed by atoms with Gasteiger partial charge in [0.2, 0.25) is 12.2 Å². The van der Waals surface area contributed by atoms with Crippen LogP contribution >= 0.6 is 0 Å². The lowest BCUT2D eigenvalue weighted by Crippen LogP contribution is -2.43. The van der Waals surface area contributed by atoms with Gasteiger partial charge in [-0.3, -0.25) is 4.79 Å². The van der Waals surface area contributed by atoms with Crippen molar-refractivity contribution in [3.63, 3.8) is 0 Å². The summed E-state index contributed by atoms with van der Waals surface area (Å²) in [4.78, 5) is 12.1. The predicted molar refractivity (Wildman–Crippen MR) is 72.8 cm³/mol. The molecule has 100 valence electrons. The molecule has 0 saturated heterocycles. The summed E-state index contributed by atoms with van der Waals surface area (Å²) in [6, 6.07) is 11.4. The van der Waals surface area contributed by atoms with E-state index in [1.807, 2.05) is 6.07 Å². The number of benzene rings is 1. The second-order valence-corrected chi connectivity index (χ2v) is 4.37. The summed E-state index contributed by atoms with van der Waals surface area (Å²) in [6.07, 6.45) is 3.19. The molecule has 2 rings (SSSR count). The maximum atomic E-state index is 12.1. The van der Waals surface area contributed by atoms with Crippen LogP contribution in [0.1, 0.15) is 18.5 Å². The lowest BCUT2D eigenvalue weighted by molar-refractivity contribution is -0.705. The Kier molecular flexibility index (Phi) is 3.96. The summed E-state index contributed by atoms with van der Waals surface area (Å²) >= 11 is 0. The third-order valence-corrected chi connectivity index (χ3v) is 2.89. The van der Waals surface area contributed by atoms with Gasteiger partial charge in [-0.1, -0.05) is 6.07 Å². The van der Waals surface area contributed by atoms with Crippen LogP contribution < -0.4 is 9.88 Å². The van der Waals surface area contributed by atoms with Crippen LogP contribution in [0.4, 0.5) is 5.69 Å². The van der Waals surface area contributed by atoms with Gasteiger partial charge in [0.1, 0.15) is 0 Å². The van der Waals surface area contributed by atoms with Gasteiger partial charge in [-0.05, 0) is 24.3 Å². The highest BCUT2D eigenvalue weighted by atomic mass is 16.3. The molecule has 0 saturated carbocycles. The summed E-state index contributed by atoms with van der Waals surface area (Å²) in [5.74, 6) is -0.130. The minimum absolute atomic E-state index is 0.0960. The second kappa shape index (κ2) is 5.85. The highest BCUT2D eigenvalue weighted by molar-refractivity contribution is 5.92. The molecular weight excluding hydrogens is 254 g/mol. The Morgan fingerprint density at radius 1 is 1.40 bits per heavy atom. The van der Waals surface area contributed by atoms with Crippen LogP contribution in [0.25, 0.3) is 0 Å². The number of hydrogen-bond donors (Lipinski definition) is 2. The number of anilines is 1. The highest BCUT2D eigenvalue weighted by Gasteiger charge is 2.22. The number of nitrogens with zero attached hydrogens (tertiary/aromatic N) is 2. The number of nitriles is 1. The first kappa shape index (κ1) is 13.6. The summed E-state index contributed by atoms with van der Waals surface area (Å²) in [5, 5.41) is 21.0. The van der Waals surface area contributed by atoms with Crippen molar-refractivity contribution in [3.05, 3.63) is 54.4 Å². The van der Waals surface area contributed by atoms with Gasteiger partial charge < -0.3 is 10.4 Å². The molecule has 0 aliphatic carbocycles. The van der Waals surface area contributed by atoms with E-state index < -0.39 is 6.04 Å². The number of nitrogens with one attached hydrogen (secondary N) is 1. The molecular formula is C15H14N3O2+. The average molecular weight is 268 g/mol. The number of pyridine rings is 1. The standard InChI is InChI=1S/C15H13N3O2/c1-11(18-7-3-6-14(19)10-18)15(20)17-13-5-2-4-12(8-13)9-16/h2-8,10-11H,1H3,(H-,17,19,20)/p+1/t11-/m0/s1. The van der Waals surface area contributed by atoms with Crippen LogP contribution in [0.2, 0.25) is 0 Å². The number of rotatable bonds is 3. The zero-order valence-electron chi connectivity index (χ0n) is 10.9. The molecule has 1 amide bonds. The van der Waals surface area contributed by atoms with E-state index in [0.717, 1.165) is 0 Å². The van der Waals surface area contributed by atoms with Crippen LogP contribution in [0.5, 0.6) is 5.75 Å². The van der Waals surface area contributed by atoms with Crippen LogP contribution in [0.3, 0.4) is 0 Å². The molecule has 1 atom stereocenters. The number of amides is 1. The average Bonchev–Trinajstić information content (AvgIpc) is 2.46. The Morgan fingerprint density at radius 2 is 2.20 bits per heavy atom. The molecule has 0 fully saturated rings. The van der Waals surface area contributed by atoms with Gasteiger partial charge >= 0.3 is 0 Å². The van der Waals surface area contributed by atoms with Crippen molar-refractivity contribution in [3.8, 4) is 11.8 Å². The normalized spacial score (nSPS) is 11.4. The van der Waals surface area contributed by atoms with E-state index in [1.54, 1.807) is 48.0 Å². The third-order valence-electron chi connectivity index (χ3n) is 2.89. The van der Waals surface area contributed by atoms with Gasteiger partial charge in [-0.15, -0.1) is 0 Å². The summed E-state index contributed by atoms with van der Waals surface area (Å²) in [6.45, 7) is 1.73. The maximum absolute atomic E-state index is 12.1. The summed E-state index contributed by atoms with van der Waals surface area (Å²) in [7, 11) is 0. The Labute approximate surface area is 116 Å². The van der Waals surface area contributed by atoms with Crippen LogP contribution in [-0.4, -0.2) is 11.0 Å². The molecule has 0 unspecified atom stereocenters. The van der Waals surface area contributed by atoms with Crippen molar-refractivity contribution >= 4 is 11.6 Å². The van der Waals surface area contributed by atoms with Gasteiger partial charge in [0, 0.05) is 18.7 Å². The monoisotopic (exact) mass is 268 g/mol. The fourth-order valence-electron chi connectivity index (χ4n) is 1.77. The van der Waals surface area contributed by atoms with Gasteiger partial charge in [-0.2, -0.15) is 9.83 Å². The fourth-order valence-corrected chi connectivity index (χ4v) is 1.77. The number of carbonyl (C=O) groups is 1. The number of carbonyl (C=O) groups excluding carboxylic acids is 1. The van der Waals surface area contributed by atoms with Gasteiger partial charge in [-0.25, -0.2) is 0 Å². The van der Waals surface area contributed by atoms with Crippen molar-refractivity contribution in [1.82, 2.24) is 0 Å². The van der Waals surface area contributed by atoms with Gasteiger partial charge in [0.25, 0.3) is 5.91 Å². The minimum Gasteiger partial charge on any atom is -0.503 e. The molecule has 2 N–H and O–H groups in total. The smallest absolute Gasteiger partial charge is 0.293 e. The quantitative estimate of drug-likeness (QED) is 0.832. The lowest BCUT2D eigenvalue weighted by Gasteiger charge is -2.09. The first-order valence-electron chi connectivity index (χ1n) is 6.11. The first-order valence-corrected chi connectivity index (χ1v) is 6.11. The largest absolute Gasteiger partial charge is 0.503 e. The molecule has 0 radical (unpaired) electrons. The van der Waals surface area contributed by atoms with E-state index in [1.165, 1.54) is 12.3 Å². The molecule has 0 aliphatic rings. The summed E-state index contributed by atoms with van der Waals surface area (Å²) < 4.78 is 1.61. The maximum Gasteiger partial charge on any atom is 0.293 e. The Morgan fingerprint density at radius 3 is 2.90 bits per heavy atom. The Balaban J connectivity index is 2.13. The molecule has 5 nitrogen and oxygen atoms in total. The highest BCUT2D eigenvalue weighted by Crippen LogP contribution is 2.12. The van der Waals surface area contributed by atoms with E-state index >= 15 is 0 Å². The molecule has 0 spiro atoms. The molecule has 2 aromatic rings. The topological polar surface area (TPSA) is 77.0 Å². The van der Waals surface area contributed by atoms with Crippen LogP contribution in [0.15, 0.2) is 48.8 Å². The number of hydrogen-bond acceptors (Lipinski definition) is 3. The second-order valence-electron chi connectivity index (χ2n) is 4.37. The third kappa shape index (κ3) is 3.12. The van der Waals surface area contributed by atoms with Gasteiger partial charge in [0.15, 0.2) is 11.9 Å². The van der Waals surface area contributed by atoms with Crippen LogP contribution in [0, 0.1) is 11.3 Å². The first-order chi connectivity index (χ1) is 9.60. The van der Waals surface area contributed by atoms with E-state index in [2.05, 4.69) is 5.32 Å². The fraction of sp³-hybridized carbons (Fsp3) is 0.133. The summed E-state index contributed by atoms with van der Waals surface area (Å²) in [5.41, 5.74) is 1.06. The van der Waals surface area contributed by atoms with Crippen molar-refractivity contribution < 1.29 is 14.5 Å². The lowest BCUT2D eigenvalue weighted by atomic mass is 10.2. The molecule has 1 heterocycles. The molecule has 20 heavy (non-hydrogen) atoms. The number of aromatic nitrogens is 1. The van der Waals surface area contributed by atoms with Crippen molar-refractivity contribution in [2.45, 2.75) is 13.0 Å². The Hall–Kier alpha value is -2.87. The molecule has 0 aliphatic heterocycles. The zero-order chi connectivity index (χ0) is 14.5. The predicted octanol–water partition coefficient (Wildman–Crippen LogP) is 1.75. The molecule has 5 heteroatoms. The SMILES string of the molecule is C[C@@H](C(=O)Nc1cccc(C#N)c1)[n+]1cccc(O)c1. The van der Waals surface area contributed by atoms with Gasteiger partial charge in [0.05, 0.1) is 11.6 Å². The van der Waals surface area contributed by atoms with Crippen molar-refractivity contribution in [1.29, 1.82) is 5.26 Å².